The first-order chi connectivity index (χ1) is 15.6. The van der Waals surface area contributed by atoms with Crippen LogP contribution < -0.4 is 5.32 Å². The monoisotopic (exact) mass is 457 g/mol. The Morgan fingerprint density at radius 2 is 2.06 bits per heavy atom. The number of nitrogens with zero attached hydrogens (tertiary/aromatic N) is 4. The van der Waals surface area contributed by atoms with Gasteiger partial charge in [0.15, 0.2) is 0 Å². The molecule has 33 heavy (non-hydrogen) atoms. The van der Waals surface area contributed by atoms with E-state index in [-0.39, 0.29) is 12.3 Å². The lowest BCUT2D eigenvalue weighted by molar-refractivity contribution is -0.136. The second kappa shape index (κ2) is 9.04. The second-order valence-corrected chi connectivity index (χ2v) is 14.1. The number of fused-ring (bicyclic) bond motifs is 1. The van der Waals surface area contributed by atoms with E-state index < -0.39 is 14.0 Å². The average molecular weight is 458 g/mol. The van der Waals surface area contributed by atoms with Gasteiger partial charge in [0, 0.05) is 48.6 Å². The molecule has 0 fully saturated rings. The maximum absolute atomic E-state index is 11.3. The van der Waals surface area contributed by atoms with Crippen LogP contribution in [0.4, 0.5) is 11.6 Å². The van der Waals surface area contributed by atoms with Crippen LogP contribution in [0.25, 0.3) is 10.9 Å². The number of anilines is 2. The SMILES string of the molecule is CN1CC(c2cc(CC(=O)O)cc(Nc3ncc4cc(C#C[Si](C)(C)C)ccc4n3)c2)C=N1. The summed E-state index contributed by atoms with van der Waals surface area (Å²) in [6.07, 6.45) is 3.62. The molecule has 1 unspecified atom stereocenters. The smallest absolute Gasteiger partial charge is 0.307 e. The van der Waals surface area contributed by atoms with E-state index in [1.165, 1.54) is 0 Å². The Balaban J connectivity index is 1.61. The largest absolute Gasteiger partial charge is 0.481 e. The molecule has 1 aliphatic rings. The molecule has 0 aliphatic carbocycles. The highest BCUT2D eigenvalue weighted by Gasteiger charge is 2.19. The number of hydrogen-bond donors (Lipinski definition) is 2. The lowest BCUT2D eigenvalue weighted by atomic mass is 9.96. The summed E-state index contributed by atoms with van der Waals surface area (Å²) in [6, 6.07) is 11.7. The summed E-state index contributed by atoms with van der Waals surface area (Å²) in [6.45, 7) is 7.41. The van der Waals surface area contributed by atoms with E-state index in [4.69, 9.17) is 0 Å². The number of aliphatic carboxylic acids is 1. The topological polar surface area (TPSA) is 90.7 Å². The number of likely N-dealkylation sites (N-methyl/N-ethyl adjacent to an activating group) is 1. The molecule has 4 rings (SSSR count). The summed E-state index contributed by atoms with van der Waals surface area (Å²) in [5.74, 6) is 2.96. The standard InChI is InChI=1S/C25H27N5O2Si/c1-30-16-21(15-27-30)19-10-18(12-24(31)32)11-22(13-19)28-25-26-14-20-9-17(5-6-23(20)29-25)7-8-33(2,3)4/h5-6,9-11,13-15,21H,12,16H2,1-4H3,(H,31,32)(H,26,28,29). The summed E-state index contributed by atoms with van der Waals surface area (Å²) in [7, 11) is 0.475. The summed E-state index contributed by atoms with van der Waals surface area (Å²) in [4.78, 5) is 20.4. The van der Waals surface area contributed by atoms with Crippen molar-refractivity contribution in [3.05, 3.63) is 59.3 Å². The Kier molecular flexibility index (Phi) is 6.16. The van der Waals surface area contributed by atoms with Crippen LogP contribution >= 0.6 is 0 Å². The van der Waals surface area contributed by atoms with Crippen LogP contribution in [-0.2, 0) is 11.2 Å². The van der Waals surface area contributed by atoms with Crippen molar-refractivity contribution < 1.29 is 9.90 Å². The van der Waals surface area contributed by atoms with Crippen molar-refractivity contribution in [2.24, 2.45) is 5.10 Å². The van der Waals surface area contributed by atoms with E-state index in [0.29, 0.717) is 5.95 Å². The first-order valence-corrected chi connectivity index (χ1v) is 14.3. The van der Waals surface area contributed by atoms with Crippen LogP contribution in [0.5, 0.6) is 0 Å². The number of hydrazone groups is 1. The highest BCUT2D eigenvalue weighted by atomic mass is 28.3. The van der Waals surface area contributed by atoms with Crippen molar-refractivity contribution in [1.29, 1.82) is 0 Å². The predicted octanol–water partition coefficient (Wildman–Crippen LogP) is 4.24. The Morgan fingerprint density at radius 1 is 1.24 bits per heavy atom. The number of carboxylic acids is 1. The summed E-state index contributed by atoms with van der Waals surface area (Å²) in [5.41, 5.74) is 7.64. The van der Waals surface area contributed by atoms with Crippen molar-refractivity contribution in [2.45, 2.75) is 32.0 Å². The lowest BCUT2D eigenvalue weighted by Crippen LogP contribution is -2.16. The zero-order chi connectivity index (χ0) is 23.6. The maximum Gasteiger partial charge on any atom is 0.307 e. The van der Waals surface area contributed by atoms with Crippen LogP contribution in [0.1, 0.15) is 22.6 Å². The molecule has 1 aliphatic heterocycles. The molecule has 0 saturated carbocycles. The Labute approximate surface area is 194 Å². The van der Waals surface area contributed by atoms with E-state index in [0.717, 1.165) is 39.8 Å². The molecule has 1 aromatic heterocycles. The molecule has 0 spiro atoms. The molecule has 2 heterocycles. The summed E-state index contributed by atoms with van der Waals surface area (Å²) >= 11 is 0. The predicted molar refractivity (Wildman–Crippen MR) is 135 cm³/mol. The fourth-order valence-corrected chi connectivity index (χ4v) is 4.13. The van der Waals surface area contributed by atoms with E-state index in [9.17, 15) is 9.90 Å². The van der Waals surface area contributed by atoms with Gasteiger partial charge in [-0.15, -0.1) is 5.54 Å². The van der Waals surface area contributed by atoms with Gasteiger partial charge in [-0.25, -0.2) is 9.97 Å². The molecule has 0 bridgehead atoms. The van der Waals surface area contributed by atoms with Crippen LogP contribution in [0, 0.1) is 11.5 Å². The molecule has 2 N–H and O–H groups in total. The van der Waals surface area contributed by atoms with E-state index in [2.05, 4.69) is 51.5 Å². The van der Waals surface area contributed by atoms with Gasteiger partial charge in [-0.3, -0.25) is 9.80 Å². The lowest BCUT2D eigenvalue weighted by Gasteiger charge is -2.14. The average Bonchev–Trinajstić information content (AvgIpc) is 3.17. The third-order valence-electron chi connectivity index (χ3n) is 5.12. The minimum Gasteiger partial charge on any atom is -0.481 e. The molecule has 7 nitrogen and oxygen atoms in total. The Hall–Kier alpha value is -3.70. The zero-order valence-corrected chi connectivity index (χ0v) is 20.3. The number of benzene rings is 2. The first-order valence-electron chi connectivity index (χ1n) is 10.8. The molecule has 168 valence electrons. The molecule has 1 atom stereocenters. The van der Waals surface area contributed by atoms with Crippen LogP contribution in [-0.4, -0.2) is 53.9 Å². The van der Waals surface area contributed by atoms with Crippen molar-refractivity contribution in [1.82, 2.24) is 15.0 Å². The van der Waals surface area contributed by atoms with Gasteiger partial charge in [0.1, 0.15) is 8.07 Å². The maximum atomic E-state index is 11.3. The molecule has 0 radical (unpaired) electrons. The van der Waals surface area contributed by atoms with Crippen molar-refractivity contribution >= 4 is 42.8 Å². The second-order valence-electron chi connectivity index (χ2n) is 9.34. The van der Waals surface area contributed by atoms with Gasteiger partial charge in [0.05, 0.1) is 11.9 Å². The van der Waals surface area contributed by atoms with E-state index >= 15 is 0 Å². The number of carbonyl (C=O) groups is 1. The number of hydrogen-bond acceptors (Lipinski definition) is 6. The third kappa shape index (κ3) is 5.96. The molecule has 2 aromatic carbocycles. The van der Waals surface area contributed by atoms with Gasteiger partial charge < -0.3 is 10.4 Å². The molecular formula is C25H27N5O2Si. The normalized spacial score (nSPS) is 15.4. The minimum absolute atomic E-state index is 0.0535. The van der Waals surface area contributed by atoms with Gasteiger partial charge in [-0.05, 0) is 41.5 Å². The van der Waals surface area contributed by atoms with Crippen molar-refractivity contribution in [2.75, 3.05) is 18.9 Å². The van der Waals surface area contributed by atoms with Crippen LogP contribution in [0.2, 0.25) is 19.6 Å². The van der Waals surface area contributed by atoms with Crippen LogP contribution in [0.3, 0.4) is 0 Å². The zero-order valence-electron chi connectivity index (χ0n) is 19.3. The van der Waals surface area contributed by atoms with Gasteiger partial charge in [-0.2, -0.15) is 5.10 Å². The molecule has 3 aromatic rings. The van der Waals surface area contributed by atoms with Gasteiger partial charge in [-0.1, -0.05) is 31.6 Å². The van der Waals surface area contributed by atoms with Crippen molar-refractivity contribution in [3.8, 4) is 11.5 Å². The van der Waals surface area contributed by atoms with E-state index in [1.807, 2.05) is 54.7 Å². The Morgan fingerprint density at radius 3 is 2.76 bits per heavy atom. The molecular weight excluding hydrogens is 430 g/mol. The van der Waals surface area contributed by atoms with Crippen LogP contribution in [0.15, 0.2) is 47.7 Å². The van der Waals surface area contributed by atoms with Gasteiger partial charge >= 0.3 is 5.97 Å². The van der Waals surface area contributed by atoms with Gasteiger partial charge in [0.25, 0.3) is 0 Å². The highest BCUT2D eigenvalue weighted by Crippen LogP contribution is 2.26. The number of nitrogens with one attached hydrogen (secondary N) is 1. The Bertz CT molecular complexity index is 1300. The highest BCUT2D eigenvalue weighted by molar-refractivity contribution is 6.83. The molecule has 8 heteroatoms. The molecule has 0 amide bonds. The number of rotatable bonds is 5. The number of aromatic nitrogens is 2. The fourth-order valence-electron chi connectivity index (χ4n) is 3.61. The van der Waals surface area contributed by atoms with E-state index in [1.54, 1.807) is 6.20 Å². The van der Waals surface area contributed by atoms with Crippen molar-refractivity contribution in [3.63, 3.8) is 0 Å². The summed E-state index contributed by atoms with van der Waals surface area (Å²) in [5, 5.41) is 19.6. The first kappa shape index (κ1) is 22.5. The minimum atomic E-state index is -1.44. The number of carboxylic acid groups (broad SMARTS) is 1. The quantitative estimate of drug-likeness (QED) is 0.440. The summed E-state index contributed by atoms with van der Waals surface area (Å²) < 4.78 is 0. The third-order valence-corrected chi connectivity index (χ3v) is 6.00. The molecule has 0 saturated heterocycles. The van der Waals surface area contributed by atoms with Gasteiger partial charge in [0.2, 0.25) is 5.95 Å². The fraction of sp³-hybridized carbons (Fsp3) is 0.280.